The molecule has 1 heterocycles. The lowest BCUT2D eigenvalue weighted by atomic mass is 9.78. The summed E-state index contributed by atoms with van der Waals surface area (Å²) in [7, 11) is 1.75. The molecule has 2 N–H and O–H groups in total. The lowest BCUT2D eigenvalue weighted by molar-refractivity contribution is -0.0835. The van der Waals surface area contributed by atoms with Gasteiger partial charge in [0.25, 0.3) is 0 Å². The van der Waals surface area contributed by atoms with Crippen molar-refractivity contribution in [2.24, 2.45) is 16.3 Å². The summed E-state index contributed by atoms with van der Waals surface area (Å²) in [5, 5.41) is 6.66. The Labute approximate surface area is 151 Å². The maximum Gasteiger partial charge on any atom is 0.191 e. The van der Waals surface area contributed by atoms with Gasteiger partial charge in [0, 0.05) is 32.7 Å². The molecule has 1 aromatic carbocycles. The molecule has 1 aromatic rings. The summed E-state index contributed by atoms with van der Waals surface area (Å²) in [6, 6.07) is 5.30. The number of halogens is 1. The molecular weight excluding hydrogens is 317 g/mol. The lowest BCUT2D eigenvalue weighted by Crippen LogP contribution is -2.47. The number of hydrogen-bond donors (Lipinski definition) is 2. The van der Waals surface area contributed by atoms with Gasteiger partial charge in [-0.3, -0.25) is 4.99 Å². The Morgan fingerprint density at radius 2 is 2.08 bits per heavy atom. The van der Waals surface area contributed by atoms with Gasteiger partial charge in [-0.25, -0.2) is 4.39 Å². The molecule has 2 atom stereocenters. The van der Waals surface area contributed by atoms with Crippen LogP contribution in [0.15, 0.2) is 23.2 Å². The molecule has 4 nitrogen and oxygen atoms in total. The van der Waals surface area contributed by atoms with Crippen LogP contribution < -0.4 is 10.6 Å². The Bertz CT molecular complexity index is 595. The minimum Gasteiger partial charge on any atom is -0.377 e. The molecule has 1 aliphatic rings. The third-order valence-corrected chi connectivity index (χ3v) is 4.75. The van der Waals surface area contributed by atoms with Gasteiger partial charge in [-0.2, -0.15) is 0 Å². The van der Waals surface area contributed by atoms with Crippen molar-refractivity contribution in [3.8, 4) is 0 Å². The van der Waals surface area contributed by atoms with E-state index in [0.717, 1.165) is 37.5 Å². The maximum atomic E-state index is 13.6. The minimum absolute atomic E-state index is 0.128. The van der Waals surface area contributed by atoms with Crippen LogP contribution >= 0.6 is 0 Å². The van der Waals surface area contributed by atoms with E-state index in [0.29, 0.717) is 18.0 Å². The van der Waals surface area contributed by atoms with Crippen LogP contribution in [0.1, 0.15) is 44.7 Å². The molecule has 2 rings (SSSR count). The Morgan fingerprint density at radius 3 is 2.72 bits per heavy atom. The minimum atomic E-state index is -0.172. The molecule has 5 heteroatoms. The van der Waals surface area contributed by atoms with Crippen molar-refractivity contribution in [2.75, 3.05) is 20.2 Å². The van der Waals surface area contributed by atoms with Crippen LogP contribution in [0.25, 0.3) is 0 Å². The predicted octanol–water partition coefficient (Wildman–Crippen LogP) is 3.64. The van der Waals surface area contributed by atoms with Gasteiger partial charge in [-0.05, 0) is 42.4 Å². The van der Waals surface area contributed by atoms with E-state index in [4.69, 9.17) is 4.74 Å². The molecule has 1 fully saturated rings. The standard InChI is InChI=1S/C20H32FN3O/c1-14-8-9-15(11-17(14)21)12-23-19(22-5)24-13-16-7-6-10-25-18(16)20(2,3)4/h8-9,11,16,18H,6-7,10,12-13H2,1-5H3,(H2,22,23,24). The molecule has 0 aromatic heterocycles. The highest BCUT2D eigenvalue weighted by Gasteiger charge is 2.35. The first-order chi connectivity index (χ1) is 11.8. The maximum absolute atomic E-state index is 13.6. The fourth-order valence-corrected chi connectivity index (χ4v) is 3.39. The molecule has 25 heavy (non-hydrogen) atoms. The van der Waals surface area contributed by atoms with Gasteiger partial charge in [0.15, 0.2) is 5.96 Å². The monoisotopic (exact) mass is 349 g/mol. The zero-order valence-electron chi connectivity index (χ0n) is 16.2. The van der Waals surface area contributed by atoms with E-state index in [1.165, 1.54) is 0 Å². The second-order valence-corrected chi connectivity index (χ2v) is 7.95. The van der Waals surface area contributed by atoms with Gasteiger partial charge in [-0.15, -0.1) is 0 Å². The first-order valence-electron chi connectivity index (χ1n) is 9.12. The van der Waals surface area contributed by atoms with Crippen LogP contribution in [-0.4, -0.2) is 32.3 Å². The summed E-state index contributed by atoms with van der Waals surface area (Å²) in [6.07, 6.45) is 2.51. The molecule has 1 saturated heterocycles. The Morgan fingerprint density at radius 1 is 1.32 bits per heavy atom. The van der Waals surface area contributed by atoms with E-state index in [9.17, 15) is 4.39 Å². The summed E-state index contributed by atoms with van der Waals surface area (Å²) in [5.41, 5.74) is 1.69. The number of guanidine groups is 1. The zero-order valence-corrected chi connectivity index (χ0v) is 16.2. The summed E-state index contributed by atoms with van der Waals surface area (Å²) < 4.78 is 19.7. The Kier molecular flexibility index (Phi) is 6.82. The highest BCUT2D eigenvalue weighted by atomic mass is 19.1. The Hall–Kier alpha value is -1.62. The Balaban J connectivity index is 1.88. The number of hydrogen-bond acceptors (Lipinski definition) is 2. The first kappa shape index (κ1) is 19.7. The van der Waals surface area contributed by atoms with E-state index >= 15 is 0 Å². The van der Waals surface area contributed by atoms with Gasteiger partial charge in [0.2, 0.25) is 0 Å². The van der Waals surface area contributed by atoms with Crippen LogP contribution in [0.5, 0.6) is 0 Å². The fraction of sp³-hybridized carbons (Fsp3) is 0.650. The molecule has 0 spiro atoms. The van der Waals surface area contributed by atoms with Crippen molar-refractivity contribution < 1.29 is 9.13 Å². The average Bonchev–Trinajstić information content (AvgIpc) is 2.57. The second kappa shape index (κ2) is 8.65. The molecule has 1 aliphatic heterocycles. The van der Waals surface area contributed by atoms with Gasteiger partial charge < -0.3 is 15.4 Å². The van der Waals surface area contributed by atoms with Crippen LogP contribution in [0, 0.1) is 24.1 Å². The highest BCUT2D eigenvalue weighted by molar-refractivity contribution is 5.79. The van der Waals surface area contributed by atoms with Crippen molar-refractivity contribution in [1.82, 2.24) is 10.6 Å². The van der Waals surface area contributed by atoms with Gasteiger partial charge >= 0.3 is 0 Å². The first-order valence-corrected chi connectivity index (χ1v) is 9.12. The second-order valence-electron chi connectivity index (χ2n) is 7.95. The quantitative estimate of drug-likeness (QED) is 0.644. The lowest BCUT2D eigenvalue weighted by Gasteiger charge is -2.40. The van der Waals surface area contributed by atoms with Gasteiger partial charge in [0.05, 0.1) is 6.10 Å². The molecule has 0 bridgehead atoms. The number of aryl methyl sites for hydroxylation is 1. The highest BCUT2D eigenvalue weighted by Crippen LogP contribution is 2.33. The third kappa shape index (κ3) is 5.70. The van der Waals surface area contributed by atoms with Crippen molar-refractivity contribution in [3.63, 3.8) is 0 Å². The molecule has 0 saturated carbocycles. The number of aliphatic imine (C=N–C) groups is 1. The normalized spacial score (nSPS) is 21.9. The summed E-state index contributed by atoms with van der Waals surface area (Å²) in [4.78, 5) is 4.27. The average molecular weight is 349 g/mol. The van der Waals surface area contributed by atoms with E-state index in [-0.39, 0.29) is 17.3 Å². The van der Waals surface area contributed by atoms with E-state index in [1.807, 2.05) is 6.07 Å². The topological polar surface area (TPSA) is 45.7 Å². The molecule has 140 valence electrons. The van der Waals surface area contributed by atoms with Crippen molar-refractivity contribution >= 4 is 5.96 Å². The number of ether oxygens (including phenoxy) is 1. The van der Waals surface area contributed by atoms with Crippen LogP contribution in [0.4, 0.5) is 4.39 Å². The molecule has 2 unspecified atom stereocenters. The van der Waals surface area contributed by atoms with Crippen LogP contribution in [0.3, 0.4) is 0 Å². The molecular formula is C20H32FN3O. The van der Waals surface area contributed by atoms with E-state index in [1.54, 1.807) is 26.1 Å². The van der Waals surface area contributed by atoms with Crippen molar-refractivity contribution in [2.45, 2.75) is 53.2 Å². The number of nitrogens with zero attached hydrogens (tertiary/aromatic N) is 1. The van der Waals surface area contributed by atoms with E-state index in [2.05, 4.69) is 36.4 Å². The third-order valence-electron chi connectivity index (χ3n) is 4.75. The zero-order chi connectivity index (χ0) is 18.4. The number of benzene rings is 1. The summed E-state index contributed by atoms with van der Waals surface area (Å²) >= 11 is 0. The van der Waals surface area contributed by atoms with Crippen LogP contribution in [0.2, 0.25) is 0 Å². The number of nitrogens with one attached hydrogen (secondary N) is 2. The van der Waals surface area contributed by atoms with Gasteiger partial charge in [0.1, 0.15) is 5.82 Å². The predicted molar refractivity (Wildman–Crippen MR) is 101 cm³/mol. The number of rotatable bonds is 4. The molecule has 0 radical (unpaired) electrons. The van der Waals surface area contributed by atoms with Crippen molar-refractivity contribution in [3.05, 3.63) is 35.1 Å². The smallest absolute Gasteiger partial charge is 0.191 e. The molecule has 0 aliphatic carbocycles. The SMILES string of the molecule is CN=C(NCc1ccc(C)c(F)c1)NCC1CCCOC1C(C)(C)C. The fourth-order valence-electron chi connectivity index (χ4n) is 3.39. The van der Waals surface area contributed by atoms with E-state index < -0.39 is 0 Å². The summed E-state index contributed by atoms with van der Waals surface area (Å²) in [5.74, 6) is 1.03. The van der Waals surface area contributed by atoms with Crippen LogP contribution in [-0.2, 0) is 11.3 Å². The summed E-state index contributed by atoms with van der Waals surface area (Å²) in [6.45, 7) is 10.7. The largest absolute Gasteiger partial charge is 0.377 e. The van der Waals surface area contributed by atoms with Crippen molar-refractivity contribution in [1.29, 1.82) is 0 Å². The van der Waals surface area contributed by atoms with Gasteiger partial charge in [-0.1, -0.05) is 32.9 Å². The molecule has 0 amide bonds.